The zero-order valence-electron chi connectivity index (χ0n) is 14.2. The zero-order valence-corrected chi connectivity index (χ0v) is 15.0. The van der Waals surface area contributed by atoms with E-state index >= 15 is 0 Å². The summed E-state index contributed by atoms with van der Waals surface area (Å²) < 4.78 is 28.3. The third-order valence-electron chi connectivity index (χ3n) is 3.79. The van der Waals surface area contributed by atoms with Gasteiger partial charge in [-0.25, -0.2) is 9.78 Å². The number of nitrogens with zero attached hydrogens (tertiary/aromatic N) is 5. The summed E-state index contributed by atoms with van der Waals surface area (Å²) in [5.41, 5.74) is -1.06. The van der Waals surface area contributed by atoms with Gasteiger partial charge in [0.05, 0.1) is 18.7 Å². The summed E-state index contributed by atoms with van der Waals surface area (Å²) in [4.78, 5) is 31.5. The Balaban J connectivity index is 2.43. The summed E-state index contributed by atoms with van der Waals surface area (Å²) in [7, 11) is -4.04. The van der Waals surface area contributed by atoms with Gasteiger partial charge in [0.25, 0.3) is 15.6 Å². The lowest BCUT2D eigenvalue weighted by molar-refractivity contribution is 0.486. The zero-order chi connectivity index (χ0) is 18.5. The molecule has 0 aliphatic carbocycles. The molecule has 0 bridgehead atoms. The van der Waals surface area contributed by atoms with E-state index in [9.17, 15) is 18.0 Å². The van der Waals surface area contributed by atoms with Gasteiger partial charge in [-0.1, -0.05) is 0 Å². The van der Waals surface area contributed by atoms with Gasteiger partial charge in [0.15, 0.2) is 10.7 Å². The van der Waals surface area contributed by atoms with E-state index < -0.39 is 21.3 Å². The number of aromatic nitrogens is 6. The molecule has 0 aliphatic heterocycles. The van der Waals surface area contributed by atoms with Gasteiger partial charge < -0.3 is 4.98 Å². The lowest BCUT2D eigenvalue weighted by Gasteiger charge is -2.15. The van der Waals surface area contributed by atoms with Gasteiger partial charge in [0.1, 0.15) is 5.39 Å². The number of hydrogen-bond acceptors (Lipinski definition) is 6. The molecule has 0 aromatic carbocycles. The maximum absolute atomic E-state index is 12.7. The van der Waals surface area contributed by atoms with Crippen molar-refractivity contribution in [2.45, 2.75) is 44.8 Å². The van der Waals surface area contributed by atoms with Gasteiger partial charge in [-0.05, 0) is 27.7 Å². The van der Waals surface area contributed by atoms with Crippen molar-refractivity contribution in [3.05, 3.63) is 39.6 Å². The monoisotopic (exact) mass is 366 g/mol. The molecule has 0 saturated heterocycles. The van der Waals surface area contributed by atoms with E-state index in [2.05, 4.69) is 15.1 Å². The van der Waals surface area contributed by atoms with Crippen LogP contribution in [0.1, 0.15) is 39.8 Å². The standard InChI is InChI=1S/C14H18N6O4S/c1-8(2)19-12-10(13(21)20(9(3)4)14(19)22)6-18(17-12)25(23,24)11-5-15-7-16-11/h5-9H,1-4H3,(H,15,16). The fraction of sp³-hybridized carbons (Fsp3) is 0.429. The Morgan fingerprint density at radius 2 is 1.72 bits per heavy atom. The summed E-state index contributed by atoms with van der Waals surface area (Å²) in [6.45, 7) is 6.95. The molecule has 0 fully saturated rings. The number of H-pyrrole nitrogens is 1. The Kier molecular flexibility index (Phi) is 3.90. The van der Waals surface area contributed by atoms with E-state index in [1.807, 2.05) is 0 Å². The molecule has 0 spiro atoms. The summed E-state index contributed by atoms with van der Waals surface area (Å²) in [6, 6.07) is -0.680. The number of imidazole rings is 1. The van der Waals surface area contributed by atoms with E-state index in [0.717, 1.165) is 17.0 Å². The van der Waals surface area contributed by atoms with Crippen molar-refractivity contribution in [3.8, 4) is 0 Å². The largest absolute Gasteiger partial charge is 0.334 e. The molecule has 1 N–H and O–H groups in total. The van der Waals surface area contributed by atoms with Crippen molar-refractivity contribution in [2.24, 2.45) is 0 Å². The molecule has 0 aliphatic rings. The Morgan fingerprint density at radius 3 is 2.24 bits per heavy atom. The van der Waals surface area contributed by atoms with Crippen LogP contribution in [0.3, 0.4) is 0 Å². The van der Waals surface area contributed by atoms with Crippen molar-refractivity contribution in [1.29, 1.82) is 0 Å². The molecule has 25 heavy (non-hydrogen) atoms. The molecule has 11 heteroatoms. The van der Waals surface area contributed by atoms with Crippen LogP contribution in [0, 0.1) is 0 Å². The first-order chi connectivity index (χ1) is 11.7. The van der Waals surface area contributed by atoms with Crippen LogP contribution in [0.25, 0.3) is 11.0 Å². The Bertz CT molecular complexity index is 1150. The van der Waals surface area contributed by atoms with Crippen LogP contribution in [0.2, 0.25) is 0 Å². The molecule has 3 aromatic rings. The molecule has 0 unspecified atom stereocenters. The molecule has 0 amide bonds. The summed E-state index contributed by atoms with van der Waals surface area (Å²) >= 11 is 0. The van der Waals surface area contributed by atoms with Crippen LogP contribution in [0.15, 0.2) is 33.3 Å². The minimum absolute atomic E-state index is 0.0324. The molecular weight excluding hydrogens is 348 g/mol. The second-order valence-electron chi connectivity index (χ2n) is 6.18. The van der Waals surface area contributed by atoms with Crippen molar-refractivity contribution in [3.63, 3.8) is 0 Å². The number of fused-ring (bicyclic) bond motifs is 1. The van der Waals surface area contributed by atoms with Gasteiger partial charge in [-0.3, -0.25) is 13.9 Å². The fourth-order valence-corrected chi connectivity index (χ4v) is 3.65. The number of aromatic amines is 1. The number of rotatable bonds is 4. The minimum atomic E-state index is -4.04. The van der Waals surface area contributed by atoms with E-state index in [1.165, 1.54) is 10.9 Å². The van der Waals surface area contributed by atoms with Crippen LogP contribution >= 0.6 is 0 Å². The first-order valence-corrected chi connectivity index (χ1v) is 9.10. The first kappa shape index (κ1) is 17.1. The van der Waals surface area contributed by atoms with E-state index in [-0.39, 0.29) is 28.1 Å². The van der Waals surface area contributed by atoms with Gasteiger partial charge in [-0.15, -0.1) is 5.10 Å². The minimum Gasteiger partial charge on any atom is -0.334 e. The van der Waals surface area contributed by atoms with E-state index in [4.69, 9.17) is 0 Å². The lowest BCUT2D eigenvalue weighted by atomic mass is 10.3. The van der Waals surface area contributed by atoms with Gasteiger partial charge in [-0.2, -0.15) is 12.5 Å². The van der Waals surface area contributed by atoms with E-state index in [1.54, 1.807) is 27.7 Å². The quantitative estimate of drug-likeness (QED) is 0.716. The highest BCUT2D eigenvalue weighted by molar-refractivity contribution is 7.89. The summed E-state index contributed by atoms with van der Waals surface area (Å²) in [5, 5.41) is 3.91. The SMILES string of the molecule is CC(C)n1c(=O)c2cn(S(=O)(=O)c3cnc[nH]3)nc2n(C(C)C)c1=O. The molecule has 134 valence electrons. The predicted octanol–water partition coefficient (Wildman–Crippen LogP) is 0.482. The maximum atomic E-state index is 12.7. The number of nitrogens with one attached hydrogen (secondary N) is 1. The average Bonchev–Trinajstić information content (AvgIpc) is 3.16. The van der Waals surface area contributed by atoms with Gasteiger partial charge >= 0.3 is 5.69 Å². The van der Waals surface area contributed by atoms with Crippen LogP contribution in [-0.2, 0) is 10.0 Å². The first-order valence-electron chi connectivity index (χ1n) is 7.66. The molecule has 3 rings (SSSR count). The molecule has 10 nitrogen and oxygen atoms in total. The Labute approximate surface area is 142 Å². The van der Waals surface area contributed by atoms with Crippen molar-refractivity contribution < 1.29 is 8.42 Å². The molecule has 0 radical (unpaired) electrons. The van der Waals surface area contributed by atoms with Crippen LogP contribution in [0.4, 0.5) is 0 Å². The Hall–Kier alpha value is -2.69. The van der Waals surface area contributed by atoms with Crippen LogP contribution < -0.4 is 11.2 Å². The van der Waals surface area contributed by atoms with Crippen LogP contribution in [-0.4, -0.2) is 36.7 Å². The van der Waals surface area contributed by atoms with Crippen molar-refractivity contribution >= 4 is 21.1 Å². The highest BCUT2D eigenvalue weighted by Crippen LogP contribution is 2.16. The van der Waals surface area contributed by atoms with E-state index in [0.29, 0.717) is 4.09 Å². The summed E-state index contributed by atoms with van der Waals surface area (Å²) in [5.74, 6) is 0. The van der Waals surface area contributed by atoms with Gasteiger partial charge in [0, 0.05) is 12.1 Å². The highest BCUT2D eigenvalue weighted by atomic mass is 32.2. The predicted molar refractivity (Wildman–Crippen MR) is 90.2 cm³/mol. The molecule has 0 saturated carbocycles. The fourth-order valence-electron chi connectivity index (χ4n) is 2.63. The van der Waals surface area contributed by atoms with Crippen molar-refractivity contribution in [2.75, 3.05) is 0 Å². The average molecular weight is 366 g/mol. The topological polar surface area (TPSA) is 125 Å². The second kappa shape index (κ2) is 5.69. The molecule has 3 heterocycles. The lowest BCUT2D eigenvalue weighted by Crippen LogP contribution is -2.41. The third-order valence-corrected chi connectivity index (χ3v) is 5.25. The smallest absolute Gasteiger partial charge is 0.333 e. The molecule has 3 aromatic heterocycles. The normalized spacial score (nSPS) is 12.6. The second-order valence-corrected chi connectivity index (χ2v) is 7.94. The highest BCUT2D eigenvalue weighted by Gasteiger charge is 2.25. The molecule has 0 atom stereocenters. The number of hydrogen-bond donors (Lipinski definition) is 1. The Morgan fingerprint density at radius 1 is 1.08 bits per heavy atom. The van der Waals surface area contributed by atoms with Gasteiger partial charge in [0.2, 0.25) is 0 Å². The third kappa shape index (κ3) is 2.51. The van der Waals surface area contributed by atoms with Crippen molar-refractivity contribution in [1.82, 2.24) is 28.3 Å². The van der Waals surface area contributed by atoms with Crippen LogP contribution in [0.5, 0.6) is 0 Å². The molecular formula is C14H18N6O4S. The maximum Gasteiger partial charge on any atom is 0.333 e. The summed E-state index contributed by atoms with van der Waals surface area (Å²) in [6.07, 6.45) is 3.50.